The summed E-state index contributed by atoms with van der Waals surface area (Å²) in [6, 6.07) is 50.9. The van der Waals surface area contributed by atoms with Gasteiger partial charge in [-0.25, -0.2) is 4.90 Å². The Kier molecular flexibility index (Phi) is 8.04. The number of nitrogens with zero attached hydrogens (tertiary/aromatic N) is 6. The van der Waals surface area contributed by atoms with Gasteiger partial charge in [0.25, 0.3) is 11.8 Å². The molecule has 0 N–H and O–H groups in total. The molecule has 6 aromatic carbocycles. The number of rotatable bonds is 6. The van der Waals surface area contributed by atoms with Gasteiger partial charge in [-0.05, 0) is 53.1 Å². The van der Waals surface area contributed by atoms with Crippen molar-refractivity contribution in [2.24, 2.45) is 0 Å². The average molecular weight is 745 g/mol. The van der Waals surface area contributed by atoms with Crippen molar-refractivity contribution in [2.75, 3.05) is 4.90 Å². The smallest absolute Gasteiger partial charge is 0.268 e. The first-order valence-corrected chi connectivity index (χ1v) is 18.6. The van der Waals surface area contributed by atoms with E-state index in [0.717, 1.165) is 55.2 Å². The van der Waals surface area contributed by atoms with Crippen LogP contribution in [0.15, 0.2) is 170 Å². The molecule has 270 valence electrons. The van der Waals surface area contributed by atoms with E-state index < -0.39 is 11.8 Å². The number of imide groups is 1. The highest BCUT2D eigenvalue weighted by molar-refractivity contribution is 6.36. The highest BCUT2D eigenvalue weighted by Gasteiger charge is 2.40. The number of anilines is 1. The summed E-state index contributed by atoms with van der Waals surface area (Å²) in [5.74, 6) is -0.879. The molecule has 9 aromatic rings. The fourth-order valence-corrected chi connectivity index (χ4v) is 8.18. The second-order valence-corrected chi connectivity index (χ2v) is 14.0. The number of hydrogen-bond donors (Lipinski definition) is 0. The van der Waals surface area contributed by atoms with Crippen molar-refractivity contribution in [3.8, 4) is 62.3 Å². The largest absolute Gasteiger partial charge is 0.307 e. The highest BCUT2D eigenvalue weighted by Crippen LogP contribution is 2.45. The van der Waals surface area contributed by atoms with E-state index in [9.17, 15) is 15.3 Å². The Labute approximate surface area is 332 Å². The minimum atomic E-state index is -0.452. The number of amides is 2. The molecule has 0 unspecified atom stereocenters. The third kappa shape index (κ3) is 5.36. The third-order valence-corrected chi connectivity index (χ3v) is 10.7. The molecule has 8 heteroatoms. The minimum Gasteiger partial charge on any atom is -0.307 e. The van der Waals surface area contributed by atoms with E-state index in [4.69, 9.17) is 0 Å². The van der Waals surface area contributed by atoms with E-state index in [-0.39, 0.29) is 11.1 Å². The lowest BCUT2D eigenvalue weighted by Gasteiger charge is -2.20. The quantitative estimate of drug-likeness (QED) is 0.157. The van der Waals surface area contributed by atoms with Crippen LogP contribution in [0.2, 0.25) is 0 Å². The summed E-state index contributed by atoms with van der Waals surface area (Å²) >= 11 is 0. The predicted molar refractivity (Wildman–Crippen MR) is 225 cm³/mol. The van der Waals surface area contributed by atoms with E-state index in [1.165, 1.54) is 17.3 Å². The average Bonchev–Trinajstić information content (AvgIpc) is 3.77. The Morgan fingerprint density at radius 1 is 0.431 bits per heavy atom. The number of hydrogen-bond acceptors (Lipinski definition) is 6. The maximum atomic E-state index is 15.2. The Morgan fingerprint density at radius 2 is 0.983 bits per heavy atom. The molecule has 0 saturated carbocycles. The third-order valence-electron chi connectivity index (χ3n) is 10.7. The van der Waals surface area contributed by atoms with Crippen molar-refractivity contribution in [2.45, 2.75) is 0 Å². The van der Waals surface area contributed by atoms with E-state index in [1.54, 1.807) is 36.7 Å². The van der Waals surface area contributed by atoms with E-state index in [2.05, 4.69) is 22.1 Å². The number of carbonyl (C=O) groups is 2. The van der Waals surface area contributed by atoms with Gasteiger partial charge >= 0.3 is 0 Å². The lowest BCUT2D eigenvalue weighted by Crippen LogP contribution is -2.30. The predicted octanol–water partition coefficient (Wildman–Crippen LogP) is 10.8. The number of pyridine rings is 2. The Bertz CT molecular complexity index is 3130. The first kappa shape index (κ1) is 34.1. The summed E-state index contributed by atoms with van der Waals surface area (Å²) in [4.78, 5) is 40.0. The van der Waals surface area contributed by atoms with Gasteiger partial charge in [-0.15, -0.1) is 0 Å². The van der Waals surface area contributed by atoms with Gasteiger partial charge in [0.1, 0.15) is 12.1 Å². The number of fused-ring (bicyclic) bond motifs is 4. The lowest BCUT2D eigenvalue weighted by molar-refractivity contribution is 0.0926. The van der Waals surface area contributed by atoms with Crippen LogP contribution in [-0.2, 0) is 0 Å². The van der Waals surface area contributed by atoms with E-state index >= 15 is 4.79 Å². The van der Waals surface area contributed by atoms with Crippen molar-refractivity contribution in [3.05, 3.63) is 193 Å². The molecule has 8 nitrogen and oxygen atoms in total. The second-order valence-electron chi connectivity index (χ2n) is 14.0. The van der Waals surface area contributed by atoms with Crippen molar-refractivity contribution >= 4 is 39.3 Å². The molecule has 0 atom stereocenters. The van der Waals surface area contributed by atoms with Gasteiger partial charge in [0.15, 0.2) is 0 Å². The molecule has 3 aromatic heterocycles. The molecule has 1 aliphatic heterocycles. The molecule has 0 radical (unpaired) electrons. The highest BCUT2D eigenvalue weighted by atomic mass is 16.2. The zero-order valence-corrected chi connectivity index (χ0v) is 30.7. The normalized spacial score (nSPS) is 12.1. The van der Waals surface area contributed by atoms with Gasteiger partial charge in [0.2, 0.25) is 0 Å². The van der Waals surface area contributed by atoms with Crippen molar-refractivity contribution in [1.82, 2.24) is 14.5 Å². The molecule has 0 saturated heterocycles. The summed E-state index contributed by atoms with van der Waals surface area (Å²) in [6.07, 6.45) is 6.47. The molecule has 0 spiro atoms. The van der Waals surface area contributed by atoms with Crippen LogP contribution in [0.5, 0.6) is 0 Å². The molecule has 0 fully saturated rings. The first-order chi connectivity index (χ1) is 28.5. The van der Waals surface area contributed by atoms with Crippen molar-refractivity contribution < 1.29 is 9.59 Å². The number of nitriles is 2. The van der Waals surface area contributed by atoms with Crippen LogP contribution in [0.3, 0.4) is 0 Å². The maximum Gasteiger partial charge on any atom is 0.268 e. The maximum absolute atomic E-state index is 15.2. The number of para-hydroxylation sites is 2. The number of benzene rings is 6. The van der Waals surface area contributed by atoms with Crippen LogP contribution in [0.1, 0.15) is 31.8 Å². The monoisotopic (exact) mass is 744 g/mol. The molecule has 4 heterocycles. The van der Waals surface area contributed by atoms with Gasteiger partial charge < -0.3 is 4.57 Å². The SMILES string of the molecule is N#Cc1cncc(-c2cccc3c4cccc(-c5cncc(C#N)c5)c4n(-c4cccc5c4C(=O)N(c4ccc(-c6ccccc6)cc4-c4ccccc4)C5=O)c23)c1. The second kappa shape index (κ2) is 13.7. The van der Waals surface area contributed by atoms with Gasteiger partial charge in [-0.1, -0.05) is 109 Å². The lowest BCUT2D eigenvalue weighted by atomic mass is 9.97. The summed E-state index contributed by atoms with van der Waals surface area (Å²) in [5.41, 5.74) is 10.4. The fraction of sp³-hybridized carbons (Fsp3) is 0. The zero-order valence-electron chi connectivity index (χ0n) is 30.7. The molecule has 2 amide bonds. The fourth-order valence-electron chi connectivity index (χ4n) is 8.18. The molecule has 1 aliphatic rings. The Hall–Kier alpha value is -8.46. The molecular weight excluding hydrogens is 717 g/mol. The molecule has 58 heavy (non-hydrogen) atoms. The Balaban J connectivity index is 1.25. The topological polar surface area (TPSA) is 116 Å². The first-order valence-electron chi connectivity index (χ1n) is 18.6. The van der Waals surface area contributed by atoms with Gasteiger partial charge in [-0.3, -0.25) is 19.6 Å². The number of carbonyl (C=O) groups excluding carboxylic acids is 2. The van der Waals surface area contributed by atoms with Gasteiger partial charge in [-0.2, -0.15) is 10.5 Å². The molecule has 0 bridgehead atoms. The molecule has 10 rings (SSSR count). The van der Waals surface area contributed by atoms with Crippen LogP contribution in [0, 0.1) is 22.7 Å². The van der Waals surface area contributed by atoms with Crippen molar-refractivity contribution in [1.29, 1.82) is 10.5 Å². The van der Waals surface area contributed by atoms with Crippen LogP contribution in [0.4, 0.5) is 5.69 Å². The summed E-state index contributed by atoms with van der Waals surface area (Å²) in [5, 5.41) is 21.4. The van der Waals surface area contributed by atoms with Crippen LogP contribution in [-0.4, -0.2) is 26.3 Å². The summed E-state index contributed by atoms with van der Waals surface area (Å²) in [7, 11) is 0. The van der Waals surface area contributed by atoms with Crippen LogP contribution < -0.4 is 4.90 Å². The van der Waals surface area contributed by atoms with Gasteiger partial charge in [0.05, 0.1) is 44.7 Å². The summed E-state index contributed by atoms with van der Waals surface area (Å²) < 4.78 is 2.04. The zero-order chi connectivity index (χ0) is 39.3. The van der Waals surface area contributed by atoms with E-state index in [1.807, 2.05) is 126 Å². The molecule has 0 aliphatic carbocycles. The van der Waals surface area contributed by atoms with Crippen LogP contribution in [0.25, 0.3) is 72.0 Å². The number of aromatic nitrogens is 3. The van der Waals surface area contributed by atoms with Crippen molar-refractivity contribution in [3.63, 3.8) is 0 Å². The van der Waals surface area contributed by atoms with E-state index in [0.29, 0.717) is 33.6 Å². The molecular formula is C50H28N6O2. The van der Waals surface area contributed by atoms with Crippen LogP contribution >= 0.6 is 0 Å². The van der Waals surface area contributed by atoms with Gasteiger partial charge in [0, 0.05) is 63.4 Å². The minimum absolute atomic E-state index is 0.259. The Morgan fingerprint density at radius 3 is 1.57 bits per heavy atom. The standard InChI is InChI=1S/C50H28N6O2/c51-25-31-22-36(29-53-27-31)38-14-7-16-40-41-17-8-15-39(37-23-32(26-52)28-54-30-37)48(41)55(47(38)40)45-19-9-18-42-46(45)50(58)56(49(42)57)44-21-20-35(33-10-3-1-4-11-33)24-43(44)34-12-5-2-6-13-34/h1-24,27-30H. The summed E-state index contributed by atoms with van der Waals surface area (Å²) in [6.45, 7) is 0.